The number of nitrogens with one attached hydrogen (secondary N) is 2. The Labute approximate surface area is 150 Å². The molecule has 0 aliphatic carbocycles. The first-order chi connectivity index (χ1) is 11.5. The molecule has 3 aromatic rings. The van der Waals surface area contributed by atoms with Crippen LogP contribution in [0.4, 0.5) is 0 Å². The number of aromatic carboxylic acids is 1. The summed E-state index contributed by atoms with van der Waals surface area (Å²) >= 11 is 0. The Balaban J connectivity index is 0.00000182. The van der Waals surface area contributed by atoms with Crippen LogP contribution < -0.4 is 5.32 Å². The topological polar surface area (TPSA) is 95.8 Å². The van der Waals surface area contributed by atoms with Crippen LogP contribution in [0.5, 0.6) is 0 Å². The number of imidazole rings is 2. The van der Waals surface area contributed by atoms with Crippen molar-refractivity contribution < 1.29 is 9.90 Å². The van der Waals surface area contributed by atoms with Crippen LogP contribution in [0.25, 0.3) is 11.0 Å². The van der Waals surface area contributed by atoms with Gasteiger partial charge in [0.05, 0.1) is 28.2 Å². The normalized spacial score (nSPS) is 14.8. The van der Waals surface area contributed by atoms with Gasteiger partial charge in [-0.25, -0.2) is 14.8 Å². The number of fused-ring (bicyclic) bond motifs is 2. The van der Waals surface area contributed by atoms with E-state index < -0.39 is 5.97 Å². The molecule has 0 saturated heterocycles. The van der Waals surface area contributed by atoms with Crippen molar-refractivity contribution in [3.63, 3.8) is 0 Å². The van der Waals surface area contributed by atoms with E-state index in [0.717, 1.165) is 47.9 Å². The molecule has 132 valence electrons. The van der Waals surface area contributed by atoms with E-state index in [-0.39, 0.29) is 23.9 Å². The number of carbonyl (C=O) groups is 1. The molecule has 0 amide bonds. The van der Waals surface area contributed by atoms with Crippen molar-refractivity contribution in [3.05, 3.63) is 46.8 Å². The maximum absolute atomic E-state index is 11.2. The van der Waals surface area contributed by atoms with Gasteiger partial charge in [0.2, 0.25) is 0 Å². The summed E-state index contributed by atoms with van der Waals surface area (Å²) in [6, 6.07) is 5.01. The second-order valence-electron chi connectivity index (χ2n) is 6.23. The van der Waals surface area contributed by atoms with Gasteiger partial charge in [-0.1, -0.05) is 0 Å². The van der Waals surface area contributed by atoms with Crippen LogP contribution >= 0.6 is 12.4 Å². The zero-order chi connectivity index (χ0) is 16.8. The monoisotopic (exact) mass is 361 g/mol. The Morgan fingerprint density at radius 3 is 2.88 bits per heavy atom. The highest BCUT2D eigenvalue weighted by atomic mass is 35.5. The zero-order valence-electron chi connectivity index (χ0n) is 14.0. The predicted octanol–water partition coefficient (Wildman–Crippen LogP) is 2.21. The minimum absolute atomic E-state index is 0. The smallest absolute Gasteiger partial charge is 0.335 e. The van der Waals surface area contributed by atoms with Crippen LogP contribution in [-0.2, 0) is 20.0 Å². The number of hydrogen-bond donors (Lipinski definition) is 3. The van der Waals surface area contributed by atoms with E-state index in [1.165, 1.54) is 5.69 Å². The molecule has 8 heteroatoms. The molecule has 1 unspecified atom stereocenters. The van der Waals surface area contributed by atoms with Gasteiger partial charge < -0.3 is 20.0 Å². The molecule has 3 N–H and O–H groups in total. The predicted molar refractivity (Wildman–Crippen MR) is 96.4 cm³/mol. The fraction of sp³-hybridized carbons (Fsp3) is 0.353. The lowest BCUT2D eigenvalue weighted by Crippen LogP contribution is -2.23. The lowest BCUT2D eigenvalue weighted by atomic mass is 10.1. The van der Waals surface area contributed by atoms with Crippen molar-refractivity contribution in [3.8, 4) is 0 Å². The van der Waals surface area contributed by atoms with E-state index in [1.54, 1.807) is 18.2 Å². The molecule has 0 radical (unpaired) electrons. The van der Waals surface area contributed by atoms with Gasteiger partial charge in [-0.3, -0.25) is 0 Å². The quantitative estimate of drug-likeness (QED) is 0.664. The van der Waals surface area contributed by atoms with Crippen molar-refractivity contribution in [1.29, 1.82) is 0 Å². The van der Waals surface area contributed by atoms with Gasteiger partial charge in [0.25, 0.3) is 0 Å². The molecule has 1 aliphatic heterocycles. The number of benzene rings is 1. The Kier molecular flexibility index (Phi) is 4.53. The molecular formula is C17H20ClN5O2. The lowest BCUT2D eigenvalue weighted by Gasteiger charge is -2.09. The third-order valence-electron chi connectivity index (χ3n) is 4.69. The van der Waals surface area contributed by atoms with Crippen molar-refractivity contribution in [1.82, 2.24) is 24.8 Å². The first-order valence-corrected chi connectivity index (χ1v) is 8.02. The van der Waals surface area contributed by atoms with Gasteiger partial charge in [0.1, 0.15) is 11.6 Å². The van der Waals surface area contributed by atoms with Crippen molar-refractivity contribution in [2.45, 2.75) is 25.8 Å². The molecule has 0 bridgehead atoms. The minimum Gasteiger partial charge on any atom is -0.478 e. The number of aromatic nitrogens is 4. The number of hydrogen-bond acceptors (Lipinski definition) is 4. The van der Waals surface area contributed by atoms with Gasteiger partial charge in [-0.05, 0) is 25.1 Å². The Bertz CT molecular complexity index is 923. The molecule has 3 heterocycles. The van der Waals surface area contributed by atoms with E-state index in [2.05, 4.69) is 22.2 Å². The number of aromatic amines is 1. The van der Waals surface area contributed by atoms with E-state index in [0.29, 0.717) is 0 Å². The minimum atomic E-state index is -0.932. The highest BCUT2D eigenvalue weighted by molar-refractivity contribution is 5.92. The number of H-pyrrole nitrogens is 1. The number of carboxylic acids is 1. The van der Waals surface area contributed by atoms with Crippen LogP contribution in [0.15, 0.2) is 18.2 Å². The molecule has 25 heavy (non-hydrogen) atoms. The SMILES string of the molecule is CC(c1nc2c([nH]1)CCNC2)c1nc2ccc(C(=O)O)cc2n1C.Cl. The molecule has 0 saturated carbocycles. The number of rotatable bonds is 3. The molecule has 1 aliphatic rings. The first kappa shape index (κ1) is 17.4. The Morgan fingerprint density at radius 2 is 2.16 bits per heavy atom. The Hall–Kier alpha value is -2.38. The van der Waals surface area contributed by atoms with Gasteiger partial charge >= 0.3 is 5.97 Å². The third kappa shape index (κ3) is 2.89. The highest BCUT2D eigenvalue weighted by Crippen LogP contribution is 2.27. The average molecular weight is 362 g/mol. The van der Waals surface area contributed by atoms with Crippen LogP contribution in [0, 0.1) is 0 Å². The van der Waals surface area contributed by atoms with Crippen LogP contribution in [0.3, 0.4) is 0 Å². The van der Waals surface area contributed by atoms with E-state index >= 15 is 0 Å². The summed E-state index contributed by atoms with van der Waals surface area (Å²) in [5, 5.41) is 12.5. The number of carboxylic acid groups (broad SMARTS) is 1. The fourth-order valence-corrected chi connectivity index (χ4v) is 3.30. The standard InChI is InChI=1S/C17H19N5O2.ClH/c1-9(15-19-11-5-6-18-8-13(11)20-15)16-21-12-4-3-10(17(23)24)7-14(12)22(16)2;/h3-4,7,9,18H,5-6,8H2,1-2H3,(H,19,20)(H,23,24);1H. The summed E-state index contributed by atoms with van der Waals surface area (Å²) in [6.07, 6.45) is 0.958. The van der Waals surface area contributed by atoms with E-state index in [4.69, 9.17) is 4.98 Å². The number of nitrogens with zero attached hydrogens (tertiary/aromatic N) is 3. The summed E-state index contributed by atoms with van der Waals surface area (Å²) in [6.45, 7) is 3.83. The van der Waals surface area contributed by atoms with E-state index in [1.807, 2.05) is 11.6 Å². The molecular weight excluding hydrogens is 342 g/mol. The second-order valence-corrected chi connectivity index (χ2v) is 6.23. The molecule has 1 atom stereocenters. The molecule has 7 nitrogen and oxygen atoms in total. The number of aryl methyl sites for hydroxylation is 1. The maximum atomic E-state index is 11.2. The fourth-order valence-electron chi connectivity index (χ4n) is 3.30. The van der Waals surface area contributed by atoms with Gasteiger partial charge in [0, 0.05) is 32.3 Å². The number of halogens is 1. The zero-order valence-corrected chi connectivity index (χ0v) is 14.9. The average Bonchev–Trinajstić information content (AvgIpc) is 3.15. The van der Waals surface area contributed by atoms with Crippen LogP contribution in [0.2, 0.25) is 0 Å². The van der Waals surface area contributed by atoms with Gasteiger partial charge in [-0.2, -0.15) is 0 Å². The van der Waals surface area contributed by atoms with Crippen LogP contribution in [-0.4, -0.2) is 37.1 Å². The van der Waals surface area contributed by atoms with E-state index in [9.17, 15) is 9.90 Å². The van der Waals surface area contributed by atoms with Gasteiger partial charge in [0.15, 0.2) is 0 Å². The summed E-state index contributed by atoms with van der Waals surface area (Å²) in [5.74, 6) is 0.840. The molecule has 0 spiro atoms. The molecule has 2 aromatic heterocycles. The third-order valence-corrected chi connectivity index (χ3v) is 4.69. The first-order valence-electron chi connectivity index (χ1n) is 8.02. The summed E-state index contributed by atoms with van der Waals surface area (Å²) in [7, 11) is 1.91. The maximum Gasteiger partial charge on any atom is 0.335 e. The van der Waals surface area contributed by atoms with Crippen molar-refractivity contribution >= 4 is 29.4 Å². The Morgan fingerprint density at radius 1 is 1.36 bits per heavy atom. The largest absolute Gasteiger partial charge is 0.478 e. The van der Waals surface area contributed by atoms with Crippen molar-refractivity contribution in [2.75, 3.05) is 6.54 Å². The molecule has 4 rings (SSSR count). The molecule has 0 fully saturated rings. The summed E-state index contributed by atoms with van der Waals surface area (Å²) in [5.41, 5.74) is 4.15. The summed E-state index contributed by atoms with van der Waals surface area (Å²) < 4.78 is 1.95. The van der Waals surface area contributed by atoms with Crippen LogP contribution in [0.1, 0.15) is 46.2 Å². The molecule has 1 aromatic carbocycles. The van der Waals surface area contributed by atoms with Gasteiger partial charge in [-0.15, -0.1) is 12.4 Å². The summed E-state index contributed by atoms with van der Waals surface area (Å²) in [4.78, 5) is 24.0. The highest BCUT2D eigenvalue weighted by Gasteiger charge is 2.22. The van der Waals surface area contributed by atoms with Crippen molar-refractivity contribution in [2.24, 2.45) is 7.05 Å². The lowest BCUT2D eigenvalue weighted by molar-refractivity contribution is 0.0697. The second kappa shape index (κ2) is 6.50.